The molecule has 0 spiro atoms. The second-order valence-electron chi connectivity index (χ2n) is 4.84. The zero-order valence-corrected chi connectivity index (χ0v) is 11.1. The quantitative estimate of drug-likeness (QED) is 0.457. The Kier molecular flexibility index (Phi) is 4.06. The highest BCUT2D eigenvalue weighted by Gasteiger charge is 2.23. The van der Waals surface area contributed by atoms with Gasteiger partial charge in [0.15, 0.2) is 6.29 Å². The number of carbonyl (C=O) groups is 1. The van der Waals surface area contributed by atoms with Crippen LogP contribution in [0.1, 0.15) is 37.6 Å². The minimum Gasteiger partial charge on any atom is -0.369 e. The maximum Gasteiger partial charge on any atom is 0.280 e. The van der Waals surface area contributed by atoms with Crippen molar-refractivity contribution < 1.29 is 9.72 Å². The molecule has 1 rings (SSSR count). The minimum atomic E-state index is -0.543. The van der Waals surface area contributed by atoms with E-state index >= 15 is 0 Å². The van der Waals surface area contributed by atoms with Crippen molar-refractivity contribution in [2.75, 3.05) is 11.9 Å². The summed E-state index contributed by atoms with van der Waals surface area (Å²) in [6, 6.07) is 4.60. The molecule has 0 saturated heterocycles. The summed E-state index contributed by atoms with van der Waals surface area (Å²) in [7, 11) is 1.92. The standard InChI is InChI=1S/C13H18N2O3/c1-5-13(2,3)14(4)11-6-7-12(15(17)18)10(8-11)9-16/h6-9H,5H2,1-4H3. The lowest BCUT2D eigenvalue weighted by atomic mass is 9.98. The smallest absolute Gasteiger partial charge is 0.280 e. The van der Waals surface area contributed by atoms with E-state index in [0.717, 1.165) is 12.1 Å². The summed E-state index contributed by atoms with van der Waals surface area (Å²) in [6.45, 7) is 6.23. The van der Waals surface area contributed by atoms with Gasteiger partial charge in [-0.2, -0.15) is 0 Å². The first-order chi connectivity index (χ1) is 8.33. The molecule has 0 aliphatic rings. The van der Waals surface area contributed by atoms with E-state index in [9.17, 15) is 14.9 Å². The van der Waals surface area contributed by atoms with E-state index in [4.69, 9.17) is 0 Å². The van der Waals surface area contributed by atoms with Crippen molar-refractivity contribution in [2.45, 2.75) is 32.7 Å². The molecule has 0 amide bonds. The van der Waals surface area contributed by atoms with Crippen molar-refractivity contribution in [1.29, 1.82) is 0 Å². The third-order valence-electron chi connectivity index (χ3n) is 3.50. The summed E-state index contributed by atoms with van der Waals surface area (Å²) in [5, 5.41) is 10.7. The van der Waals surface area contributed by atoms with E-state index < -0.39 is 4.92 Å². The van der Waals surface area contributed by atoms with Crippen molar-refractivity contribution in [3.05, 3.63) is 33.9 Å². The van der Waals surface area contributed by atoms with Gasteiger partial charge in [-0.15, -0.1) is 0 Å². The molecule has 0 saturated carbocycles. The molecule has 98 valence electrons. The molecule has 0 radical (unpaired) electrons. The van der Waals surface area contributed by atoms with Gasteiger partial charge in [-0.25, -0.2) is 0 Å². The number of carbonyl (C=O) groups excluding carboxylic acids is 1. The lowest BCUT2D eigenvalue weighted by Gasteiger charge is -2.36. The van der Waals surface area contributed by atoms with E-state index in [2.05, 4.69) is 20.8 Å². The van der Waals surface area contributed by atoms with Crippen LogP contribution < -0.4 is 4.90 Å². The van der Waals surface area contributed by atoms with Crippen LogP contribution in [0.15, 0.2) is 18.2 Å². The zero-order chi connectivity index (χ0) is 13.9. The lowest BCUT2D eigenvalue weighted by Crippen LogP contribution is -2.40. The molecule has 0 bridgehead atoms. The Hall–Kier alpha value is -1.91. The first kappa shape index (κ1) is 14.2. The van der Waals surface area contributed by atoms with E-state index in [1.165, 1.54) is 6.07 Å². The Morgan fingerprint density at radius 3 is 2.50 bits per heavy atom. The van der Waals surface area contributed by atoms with Gasteiger partial charge < -0.3 is 4.90 Å². The van der Waals surface area contributed by atoms with Gasteiger partial charge in [-0.3, -0.25) is 14.9 Å². The SMILES string of the molecule is CCC(C)(C)N(C)c1ccc([N+](=O)[O-])c(C=O)c1. The fourth-order valence-corrected chi connectivity index (χ4v) is 1.60. The maximum absolute atomic E-state index is 10.9. The highest BCUT2D eigenvalue weighted by Crippen LogP contribution is 2.28. The number of nitrogens with zero attached hydrogens (tertiary/aromatic N) is 2. The molecule has 1 aromatic rings. The van der Waals surface area contributed by atoms with Gasteiger partial charge >= 0.3 is 0 Å². The summed E-state index contributed by atoms with van der Waals surface area (Å²) in [4.78, 5) is 23.1. The lowest BCUT2D eigenvalue weighted by molar-refractivity contribution is -0.385. The third kappa shape index (κ3) is 2.67. The highest BCUT2D eigenvalue weighted by molar-refractivity contribution is 5.83. The summed E-state index contributed by atoms with van der Waals surface area (Å²) in [6.07, 6.45) is 1.45. The number of anilines is 1. The predicted molar refractivity (Wildman–Crippen MR) is 71.3 cm³/mol. The Labute approximate surface area is 107 Å². The maximum atomic E-state index is 10.9. The molecular weight excluding hydrogens is 232 g/mol. The van der Waals surface area contributed by atoms with Gasteiger partial charge in [0.25, 0.3) is 5.69 Å². The summed E-state index contributed by atoms with van der Waals surface area (Å²) in [5.41, 5.74) is 0.679. The van der Waals surface area contributed by atoms with Gasteiger partial charge in [0.2, 0.25) is 0 Å². The molecule has 0 atom stereocenters. The molecule has 0 aliphatic carbocycles. The van der Waals surface area contributed by atoms with Crippen LogP contribution in [0.25, 0.3) is 0 Å². The molecule has 0 unspecified atom stereocenters. The molecule has 1 aromatic carbocycles. The number of nitro benzene ring substituents is 1. The molecule has 0 N–H and O–H groups in total. The van der Waals surface area contributed by atoms with Crippen LogP contribution >= 0.6 is 0 Å². The second kappa shape index (κ2) is 5.16. The van der Waals surface area contributed by atoms with Gasteiger partial charge in [0, 0.05) is 24.3 Å². The molecule has 0 fully saturated rings. The minimum absolute atomic E-state index is 0.0731. The van der Waals surface area contributed by atoms with Crippen molar-refractivity contribution in [2.24, 2.45) is 0 Å². The number of rotatable bonds is 5. The second-order valence-corrected chi connectivity index (χ2v) is 4.84. The summed E-state index contributed by atoms with van der Waals surface area (Å²) in [5.74, 6) is 0. The van der Waals surface area contributed by atoms with Gasteiger partial charge in [-0.05, 0) is 32.4 Å². The summed E-state index contributed by atoms with van der Waals surface area (Å²) < 4.78 is 0. The highest BCUT2D eigenvalue weighted by atomic mass is 16.6. The van der Waals surface area contributed by atoms with Crippen LogP contribution in [0.3, 0.4) is 0 Å². The molecule has 0 aliphatic heterocycles. The van der Waals surface area contributed by atoms with Gasteiger partial charge in [-0.1, -0.05) is 6.92 Å². The third-order valence-corrected chi connectivity index (χ3v) is 3.50. The van der Waals surface area contributed by atoms with E-state index in [0.29, 0.717) is 6.29 Å². The first-order valence-corrected chi connectivity index (χ1v) is 5.81. The van der Waals surface area contributed by atoms with Crippen molar-refractivity contribution >= 4 is 17.7 Å². The first-order valence-electron chi connectivity index (χ1n) is 5.81. The average Bonchev–Trinajstić information content (AvgIpc) is 2.36. The fourth-order valence-electron chi connectivity index (χ4n) is 1.60. The molecule has 5 heteroatoms. The zero-order valence-electron chi connectivity index (χ0n) is 11.1. The number of benzene rings is 1. The molecule has 5 nitrogen and oxygen atoms in total. The molecular formula is C13H18N2O3. The van der Waals surface area contributed by atoms with E-state index in [1.807, 2.05) is 11.9 Å². The Morgan fingerprint density at radius 1 is 1.44 bits per heavy atom. The van der Waals surface area contributed by atoms with Crippen LogP contribution in [0.4, 0.5) is 11.4 Å². The number of hydrogen-bond acceptors (Lipinski definition) is 4. The number of nitro groups is 1. The van der Waals surface area contributed by atoms with Crippen LogP contribution in [0, 0.1) is 10.1 Å². The normalized spacial score (nSPS) is 11.1. The Balaban J connectivity index is 3.21. The van der Waals surface area contributed by atoms with E-state index in [-0.39, 0.29) is 16.8 Å². The van der Waals surface area contributed by atoms with Crippen molar-refractivity contribution in [1.82, 2.24) is 0 Å². The Bertz CT molecular complexity index is 469. The summed E-state index contributed by atoms with van der Waals surface area (Å²) >= 11 is 0. The van der Waals surface area contributed by atoms with Gasteiger partial charge in [0.05, 0.1) is 10.5 Å². The Morgan fingerprint density at radius 2 is 2.06 bits per heavy atom. The van der Waals surface area contributed by atoms with Crippen LogP contribution in [-0.2, 0) is 0 Å². The average molecular weight is 250 g/mol. The van der Waals surface area contributed by atoms with Crippen molar-refractivity contribution in [3.8, 4) is 0 Å². The number of hydrogen-bond donors (Lipinski definition) is 0. The van der Waals surface area contributed by atoms with Crippen LogP contribution in [0.2, 0.25) is 0 Å². The predicted octanol–water partition coefficient (Wildman–Crippen LogP) is 3.03. The monoisotopic (exact) mass is 250 g/mol. The van der Waals surface area contributed by atoms with Crippen molar-refractivity contribution in [3.63, 3.8) is 0 Å². The fraction of sp³-hybridized carbons (Fsp3) is 0.462. The van der Waals surface area contributed by atoms with Crippen LogP contribution in [-0.4, -0.2) is 23.8 Å². The van der Waals surface area contributed by atoms with Gasteiger partial charge in [0.1, 0.15) is 0 Å². The largest absolute Gasteiger partial charge is 0.369 e. The number of aldehydes is 1. The topological polar surface area (TPSA) is 63.4 Å². The molecule has 0 aromatic heterocycles. The van der Waals surface area contributed by atoms with E-state index in [1.54, 1.807) is 12.1 Å². The molecule has 18 heavy (non-hydrogen) atoms. The molecule has 0 heterocycles. The van der Waals surface area contributed by atoms with Crippen LogP contribution in [0.5, 0.6) is 0 Å².